The van der Waals surface area contributed by atoms with Gasteiger partial charge in [-0.25, -0.2) is 19.9 Å². The molecule has 0 aromatic carbocycles. The van der Waals surface area contributed by atoms with Gasteiger partial charge in [0.05, 0.1) is 12.2 Å². The number of aromatic amines is 1. The normalized spacial score (nSPS) is 15.1. The van der Waals surface area contributed by atoms with Gasteiger partial charge < -0.3 is 4.74 Å². The van der Waals surface area contributed by atoms with Crippen LogP contribution in [0.5, 0.6) is 0 Å². The third-order valence-corrected chi connectivity index (χ3v) is 5.82. The number of ether oxygens (including phenoxy) is 1. The number of rotatable bonds is 8. The van der Waals surface area contributed by atoms with Gasteiger partial charge in [0.2, 0.25) is 0 Å². The largest absolute Gasteiger partial charge is 0.443 e. The number of amides is 1. The molecular weight excluding hydrogens is 473 g/mol. The van der Waals surface area contributed by atoms with E-state index in [1.54, 1.807) is 24.5 Å². The van der Waals surface area contributed by atoms with Crippen LogP contribution >= 0.6 is 22.6 Å². The van der Waals surface area contributed by atoms with Crippen LogP contribution in [0, 0.1) is 5.92 Å². The number of carbonyl (C=O) groups excluding carboxylic acids is 1. The van der Waals surface area contributed by atoms with Crippen molar-refractivity contribution >= 4 is 28.7 Å². The van der Waals surface area contributed by atoms with Gasteiger partial charge in [-0.15, -0.1) is 0 Å². The predicted molar refractivity (Wildman–Crippen MR) is 112 cm³/mol. The Hall–Kier alpha value is -2.04. The molecule has 0 aliphatic heterocycles. The first-order chi connectivity index (χ1) is 13.3. The van der Waals surface area contributed by atoms with E-state index < -0.39 is 15.7 Å². The Balaban J connectivity index is 1.76. The fourth-order valence-electron chi connectivity index (χ4n) is 2.75. The molecule has 28 heavy (non-hydrogen) atoms. The molecule has 0 saturated heterocycles. The quantitative estimate of drug-likeness (QED) is 0.340. The molecule has 0 bridgehead atoms. The Morgan fingerprint density at radius 2 is 2.07 bits per heavy atom. The monoisotopic (exact) mass is 497 g/mol. The average Bonchev–Trinajstić information content (AvgIpc) is 3.50. The van der Waals surface area contributed by atoms with Gasteiger partial charge in [0.1, 0.15) is 9.65 Å². The fraction of sp³-hybridized carbons (Fsp3) is 0.526. The molecule has 1 aliphatic rings. The van der Waals surface area contributed by atoms with Crippen LogP contribution in [0.15, 0.2) is 35.4 Å². The third kappa shape index (κ3) is 5.98. The lowest BCUT2D eigenvalue weighted by Crippen LogP contribution is -2.39. The summed E-state index contributed by atoms with van der Waals surface area (Å²) < 4.78 is 5.40. The average molecular weight is 497 g/mol. The Bertz CT molecular complexity index is 834. The molecule has 9 heteroatoms. The van der Waals surface area contributed by atoms with Gasteiger partial charge in [-0.05, 0) is 67.3 Å². The summed E-state index contributed by atoms with van der Waals surface area (Å²) in [6.07, 6.45) is 7.24. The van der Waals surface area contributed by atoms with Crippen LogP contribution in [0.25, 0.3) is 0 Å². The number of aromatic nitrogens is 4. The topological polar surface area (TPSA) is 101 Å². The molecule has 1 saturated carbocycles. The van der Waals surface area contributed by atoms with Crippen molar-refractivity contribution < 1.29 is 9.53 Å². The van der Waals surface area contributed by atoms with Gasteiger partial charge in [0, 0.05) is 18.5 Å². The standard InChI is InChI=1S/C19H24IN5O3/c1-19(2,9-8-13-4-5-13)28-18(27)25(12-14-6-7-15(26)24-23-14)16(20)17-21-10-3-11-22-17/h3,6-7,10-11,13,16H,4-5,8-9,12H2,1-2H3,(H,24,26)/t16-/m0/s1. The highest BCUT2D eigenvalue weighted by molar-refractivity contribution is 14.1. The molecule has 2 aromatic heterocycles. The van der Waals surface area contributed by atoms with E-state index in [-0.39, 0.29) is 12.1 Å². The van der Waals surface area contributed by atoms with E-state index in [4.69, 9.17) is 4.74 Å². The lowest BCUT2D eigenvalue weighted by molar-refractivity contribution is 0.00333. The molecule has 150 valence electrons. The highest BCUT2D eigenvalue weighted by Crippen LogP contribution is 2.36. The van der Waals surface area contributed by atoms with Crippen molar-refractivity contribution in [2.75, 3.05) is 0 Å². The maximum atomic E-state index is 13.0. The molecule has 2 aromatic rings. The van der Waals surface area contributed by atoms with Gasteiger partial charge in [0.15, 0.2) is 5.82 Å². The highest BCUT2D eigenvalue weighted by atomic mass is 127. The van der Waals surface area contributed by atoms with Crippen LogP contribution in [0.4, 0.5) is 4.79 Å². The zero-order chi connectivity index (χ0) is 20.1. The highest BCUT2D eigenvalue weighted by Gasteiger charge is 2.33. The van der Waals surface area contributed by atoms with E-state index in [0.29, 0.717) is 11.5 Å². The van der Waals surface area contributed by atoms with Gasteiger partial charge in [0.25, 0.3) is 5.56 Å². The van der Waals surface area contributed by atoms with Crippen LogP contribution in [0.3, 0.4) is 0 Å². The van der Waals surface area contributed by atoms with E-state index in [1.165, 1.54) is 23.8 Å². The Morgan fingerprint density at radius 1 is 1.36 bits per heavy atom. The molecule has 0 unspecified atom stereocenters. The minimum absolute atomic E-state index is 0.167. The summed E-state index contributed by atoms with van der Waals surface area (Å²) >= 11 is 2.11. The molecule has 0 spiro atoms. The first-order valence-electron chi connectivity index (χ1n) is 9.29. The van der Waals surface area contributed by atoms with Crippen LogP contribution in [-0.4, -0.2) is 36.8 Å². The van der Waals surface area contributed by atoms with Crippen LogP contribution in [-0.2, 0) is 11.3 Å². The lowest BCUT2D eigenvalue weighted by atomic mass is 10.0. The summed E-state index contributed by atoms with van der Waals surface area (Å²) in [5.41, 5.74) is -0.314. The zero-order valence-corrected chi connectivity index (χ0v) is 18.1. The molecule has 3 rings (SSSR count). The summed E-state index contributed by atoms with van der Waals surface area (Å²) in [6.45, 7) is 4.04. The minimum Gasteiger partial charge on any atom is -0.443 e. The first kappa shape index (κ1) is 20.7. The SMILES string of the molecule is CC(C)(CCC1CC1)OC(=O)N(Cc1ccc(=O)[nH]n1)[C@H](I)c1ncccn1. The molecule has 1 fully saturated rings. The molecule has 1 aliphatic carbocycles. The molecule has 1 atom stereocenters. The zero-order valence-electron chi connectivity index (χ0n) is 16.0. The number of nitrogens with zero attached hydrogens (tertiary/aromatic N) is 4. The third-order valence-electron chi connectivity index (χ3n) is 4.59. The molecule has 2 heterocycles. The maximum absolute atomic E-state index is 13.0. The molecule has 1 N–H and O–H groups in total. The van der Waals surface area contributed by atoms with Gasteiger partial charge in [-0.3, -0.25) is 9.69 Å². The van der Waals surface area contributed by atoms with E-state index >= 15 is 0 Å². The van der Waals surface area contributed by atoms with E-state index in [0.717, 1.165) is 18.8 Å². The van der Waals surface area contributed by atoms with Crippen LogP contribution < -0.4 is 5.56 Å². The van der Waals surface area contributed by atoms with Crippen LogP contribution in [0.2, 0.25) is 0 Å². The van der Waals surface area contributed by atoms with Crippen LogP contribution in [0.1, 0.15) is 55.1 Å². The summed E-state index contributed by atoms with van der Waals surface area (Å²) in [5.74, 6) is 1.27. The second kappa shape index (κ2) is 8.97. The number of H-pyrrole nitrogens is 1. The van der Waals surface area contributed by atoms with Gasteiger partial charge in [-0.1, -0.05) is 12.8 Å². The molecule has 1 amide bonds. The van der Waals surface area contributed by atoms with E-state index in [9.17, 15) is 9.59 Å². The van der Waals surface area contributed by atoms with Gasteiger partial charge in [-0.2, -0.15) is 5.10 Å². The van der Waals surface area contributed by atoms with Crippen molar-refractivity contribution in [2.45, 2.75) is 55.7 Å². The number of nitrogens with one attached hydrogen (secondary N) is 1. The second-order valence-electron chi connectivity index (χ2n) is 7.59. The maximum Gasteiger partial charge on any atom is 0.411 e. The number of hydrogen-bond donors (Lipinski definition) is 1. The molecule has 0 radical (unpaired) electrons. The van der Waals surface area contributed by atoms with Gasteiger partial charge >= 0.3 is 6.09 Å². The minimum atomic E-state index is -0.565. The predicted octanol–water partition coefficient (Wildman–Crippen LogP) is 3.60. The number of carbonyl (C=O) groups is 1. The van der Waals surface area contributed by atoms with E-state index in [2.05, 4.69) is 42.8 Å². The molecule has 8 nitrogen and oxygen atoms in total. The van der Waals surface area contributed by atoms with Crippen molar-refractivity contribution in [3.63, 3.8) is 0 Å². The lowest BCUT2D eigenvalue weighted by Gasteiger charge is -2.31. The summed E-state index contributed by atoms with van der Waals surface area (Å²) in [4.78, 5) is 34.4. The Labute approximate surface area is 177 Å². The number of alkyl halides is 1. The van der Waals surface area contributed by atoms with Crippen molar-refractivity contribution in [1.29, 1.82) is 0 Å². The van der Waals surface area contributed by atoms with E-state index in [1.807, 2.05) is 13.8 Å². The van der Waals surface area contributed by atoms with Crippen molar-refractivity contribution in [3.8, 4) is 0 Å². The smallest absolute Gasteiger partial charge is 0.411 e. The number of hydrogen-bond acceptors (Lipinski definition) is 6. The fourth-order valence-corrected chi connectivity index (χ4v) is 3.50. The summed E-state index contributed by atoms with van der Waals surface area (Å²) in [7, 11) is 0. The van der Waals surface area contributed by atoms with Crippen molar-refractivity contribution in [1.82, 2.24) is 25.1 Å². The summed E-state index contributed by atoms with van der Waals surface area (Å²) in [5, 5.41) is 6.40. The Kier molecular flexibility index (Phi) is 6.63. The second-order valence-corrected chi connectivity index (χ2v) is 8.77. The van der Waals surface area contributed by atoms with Crippen molar-refractivity contribution in [3.05, 3.63) is 52.5 Å². The summed E-state index contributed by atoms with van der Waals surface area (Å²) in [6, 6.07) is 4.69. The molecular formula is C19H24IN5O3. The van der Waals surface area contributed by atoms with Crippen molar-refractivity contribution in [2.24, 2.45) is 5.92 Å². The Morgan fingerprint density at radius 3 is 2.68 bits per heavy atom. The first-order valence-corrected chi connectivity index (χ1v) is 10.5. The number of halogens is 1.